The zero-order valence-electron chi connectivity index (χ0n) is 8.74. The van der Waals surface area contributed by atoms with E-state index in [1.165, 1.54) is 0 Å². The molecule has 0 aliphatic rings. The van der Waals surface area contributed by atoms with E-state index < -0.39 is 0 Å². The van der Waals surface area contributed by atoms with Gasteiger partial charge in [0.2, 0.25) is 0 Å². The second-order valence-corrected chi connectivity index (χ2v) is 4.55. The topological polar surface area (TPSA) is 25.8 Å². The molecule has 0 bridgehead atoms. The first-order valence-corrected chi connectivity index (χ1v) is 6.16. The summed E-state index contributed by atoms with van der Waals surface area (Å²) in [4.78, 5) is 8.73. The van der Waals surface area contributed by atoms with E-state index in [1.807, 2.05) is 37.3 Å². The second kappa shape index (κ2) is 4.93. The van der Waals surface area contributed by atoms with Crippen molar-refractivity contribution in [2.75, 3.05) is 0 Å². The molecule has 0 N–H and O–H groups in total. The molecule has 4 heteroatoms. The van der Waals surface area contributed by atoms with Gasteiger partial charge < -0.3 is 0 Å². The molecule has 2 nitrogen and oxygen atoms in total. The number of halogens is 2. The zero-order chi connectivity index (χ0) is 11.5. The van der Waals surface area contributed by atoms with Crippen molar-refractivity contribution in [1.29, 1.82) is 0 Å². The minimum Gasteiger partial charge on any atom is -0.233 e. The SMILES string of the molecule is CCc1nc(Br)cc(-c2ccccc2Cl)n1. The van der Waals surface area contributed by atoms with Crippen molar-refractivity contribution in [3.63, 3.8) is 0 Å². The van der Waals surface area contributed by atoms with Gasteiger partial charge in [-0.15, -0.1) is 0 Å². The van der Waals surface area contributed by atoms with Crippen LogP contribution < -0.4 is 0 Å². The molecule has 0 saturated carbocycles. The third-order valence-electron chi connectivity index (χ3n) is 2.21. The van der Waals surface area contributed by atoms with Crippen molar-refractivity contribution in [2.45, 2.75) is 13.3 Å². The van der Waals surface area contributed by atoms with Crippen molar-refractivity contribution >= 4 is 27.5 Å². The highest BCUT2D eigenvalue weighted by Crippen LogP contribution is 2.27. The molecule has 2 rings (SSSR count). The lowest BCUT2D eigenvalue weighted by Gasteiger charge is -2.05. The van der Waals surface area contributed by atoms with E-state index in [0.717, 1.165) is 28.1 Å². The van der Waals surface area contributed by atoms with Gasteiger partial charge in [0.25, 0.3) is 0 Å². The van der Waals surface area contributed by atoms with Crippen LogP contribution in [0.25, 0.3) is 11.3 Å². The van der Waals surface area contributed by atoms with E-state index in [-0.39, 0.29) is 0 Å². The average Bonchev–Trinajstić information content (AvgIpc) is 2.28. The maximum absolute atomic E-state index is 6.13. The number of hydrogen-bond donors (Lipinski definition) is 0. The van der Waals surface area contributed by atoms with Gasteiger partial charge in [-0.2, -0.15) is 0 Å². The van der Waals surface area contributed by atoms with E-state index >= 15 is 0 Å². The molecule has 0 radical (unpaired) electrons. The molecule has 1 aromatic heterocycles. The second-order valence-electron chi connectivity index (χ2n) is 3.33. The van der Waals surface area contributed by atoms with Gasteiger partial charge in [-0.05, 0) is 28.1 Å². The Labute approximate surface area is 108 Å². The highest BCUT2D eigenvalue weighted by molar-refractivity contribution is 9.10. The number of hydrogen-bond acceptors (Lipinski definition) is 2. The van der Waals surface area contributed by atoms with Crippen LogP contribution in [0.5, 0.6) is 0 Å². The molecular weight excluding hydrogens is 288 g/mol. The monoisotopic (exact) mass is 296 g/mol. The third kappa shape index (κ3) is 2.42. The Kier molecular flexibility index (Phi) is 3.56. The van der Waals surface area contributed by atoms with E-state index in [9.17, 15) is 0 Å². The highest BCUT2D eigenvalue weighted by Gasteiger charge is 2.07. The van der Waals surface area contributed by atoms with Crippen LogP contribution in [0.2, 0.25) is 5.02 Å². The summed E-state index contributed by atoms with van der Waals surface area (Å²) in [5.41, 5.74) is 1.78. The first-order chi connectivity index (χ1) is 7.70. The number of aromatic nitrogens is 2. The minimum absolute atomic E-state index is 0.704. The van der Waals surface area contributed by atoms with Gasteiger partial charge in [0, 0.05) is 17.0 Å². The zero-order valence-corrected chi connectivity index (χ0v) is 11.1. The van der Waals surface area contributed by atoms with E-state index in [0.29, 0.717) is 5.02 Å². The summed E-state index contributed by atoms with van der Waals surface area (Å²) in [7, 11) is 0. The quantitative estimate of drug-likeness (QED) is 0.779. The molecule has 0 spiro atoms. The lowest BCUT2D eigenvalue weighted by molar-refractivity contribution is 0.932. The summed E-state index contributed by atoms with van der Waals surface area (Å²) >= 11 is 9.51. The van der Waals surface area contributed by atoms with Crippen LogP contribution in [0.1, 0.15) is 12.7 Å². The predicted molar refractivity (Wildman–Crippen MR) is 69.6 cm³/mol. The number of nitrogens with zero attached hydrogens (tertiary/aromatic N) is 2. The summed E-state index contributed by atoms with van der Waals surface area (Å²) in [6, 6.07) is 9.54. The molecule has 0 saturated heterocycles. The smallest absolute Gasteiger partial charge is 0.130 e. The van der Waals surface area contributed by atoms with Gasteiger partial charge >= 0.3 is 0 Å². The van der Waals surface area contributed by atoms with Gasteiger partial charge in [-0.3, -0.25) is 0 Å². The van der Waals surface area contributed by atoms with Gasteiger partial charge in [-0.25, -0.2) is 9.97 Å². The number of aryl methyl sites for hydroxylation is 1. The Morgan fingerprint density at radius 3 is 2.69 bits per heavy atom. The van der Waals surface area contributed by atoms with Crippen LogP contribution >= 0.6 is 27.5 Å². The van der Waals surface area contributed by atoms with Crippen LogP contribution in [0.3, 0.4) is 0 Å². The van der Waals surface area contributed by atoms with Gasteiger partial charge in [0.15, 0.2) is 0 Å². The van der Waals surface area contributed by atoms with Gasteiger partial charge in [-0.1, -0.05) is 36.7 Å². The summed E-state index contributed by atoms with van der Waals surface area (Å²) in [5, 5.41) is 0.704. The molecule has 0 aliphatic heterocycles. The first kappa shape index (κ1) is 11.6. The fourth-order valence-corrected chi connectivity index (χ4v) is 2.08. The van der Waals surface area contributed by atoms with E-state index in [1.54, 1.807) is 0 Å². The lowest BCUT2D eigenvalue weighted by atomic mass is 10.1. The number of rotatable bonds is 2. The predicted octanol–water partition coefficient (Wildman–Crippen LogP) is 4.12. The summed E-state index contributed by atoms with van der Waals surface area (Å²) < 4.78 is 0.786. The Morgan fingerprint density at radius 1 is 1.25 bits per heavy atom. The molecule has 0 aliphatic carbocycles. The van der Waals surface area contributed by atoms with E-state index in [4.69, 9.17) is 11.6 Å². The fraction of sp³-hybridized carbons (Fsp3) is 0.167. The van der Waals surface area contributed by atoms with Gasteiger partial charge in [0.05, 0.1) is 5.69 Å². The van der Waals surface area contributed by atoms with Crippen molar-refractivity contribution in [1.82, 2.24) is 9.97 Å². The Balaban J connectivity index is 2.56. The number of benzene rings is 1. The normalized spacial score (nSPS) is 10.4. The molecule has 1 heterocycles. The molecule has 0 atom stereocenters. The van der Waals surface area contributed by atoms with Crippen molar-refractivity contribution in [2.24, 2.45) is 0 Å². The molecular formula is C12H10BrClN2. The lowest BCUT2D eigenvalue weighted by Crippen LogP contribution is -1.95. The van der Waals surface area contributed by atoms with Crippen molar-refractivity contribution < 1.29 is 0 Å². The molecule has 0 unspecified atom stereocenters. The Hall–Kier alpha value is -0.930. The Bertz CT molecular complexity index is 514. The highest BCUT2D eigenvalue weighted by atomic mass is 79.9. The van der Waals surface area contributed by atoms with Crippen molar-refractivity contribution in [3.05, 3.63) is 45.8 Å². The molecule has 82 valence electrons. The van der Waals surface area contributed by atoms with Gasteiger partial charge in [0.1, 0.15) is 10.4 Å². The molecule has 0 fully saturated rings. The third-order valence-corrected chi connectivity index (χ3v) is 2.94. The summed E-state index contributed by atoms with van der Waals surface area (Å²) in [6.07, 6.45) is 0.802. The molecule has 16 heavy (non-hydrogen) atoms. The van der Waals surface area contributed by atoms with Crippen LogP contribution in [0.4, 0.5) is 0 Å². The molecule has 2 aromatic rings. The van der Waals surface area contributed by atoms with Crippen LogP contribution in [-0.4, -0.2) is 9.97 Å². The van der Waals surface area contributed by atoms with E-state index in [2.05, 4.69) is 25.9 Å². The largest absolute Gasteiger partial charge is 0.233 e. The maximum atomic E-state index is 6.13. The standard InChI is InChI=1S/C12H10BrClN2/c1-2-12-15-10(7-11(13)16-12)8-5-3-4-6-9(8)14/h3-7H,2H2,1H3. The molecule has 0 amide bonds. The van der Waals surface area contributed by atoms with Crippen LogP contribution in [0, 0.1) is 0 Å². The maximum Gasteiger partial charge on any atom is 0.130 e. The van der Waals surface area contributed by atoms with Crippen LogP contribution in [0.15, 0.2) is 34.9 Å². The summed E-state index contributed by atoms with van der Waals surface area (Å²) in [6.45, 7) is 2.03. The fourth-order valence-electron chi connectivity index (χ4n) is 1.43. The Morgan fingerprint density at radius 2 is 2.00 bits per heavy atom. The first-order valence-electron chi connectivity index (χ1n) is 4.99. The molecule has 1 aromatic carbocycles. The van der Waals surface area contributed by atoms with Crippen molar-refractivity contribution in [3.8, 4) is 11.3 Å². The van der Waals surface area contributed by atoms with Crippen LogP contribution in [-0.2, 0) is 6.42 Å². The summed E-state index contributed by atoms with van der Waals surface area (Å²) in [5.74, 6) is 0.810. The average molecular weight is 298 g/mol. The minimum atomic E-state index is 0.704.